The molecule has 0 aliphatic carbocycles. The molecule has 0 radical (unpaired) electrons. The van der Waals surface area contributed by atoms with E-state index in [1.54, 1.807) is 35.8 Å². The smallest absolute Gasteiger partial charge is 0.343 e. The molecule has 0 bridgehead atoms. The number of carbonyl (C=O) groups excluding carboxylic acids is 3. The van der Waals surface area contributed by atoms with E-state index in [2.05, 4.69) is 15.6 Å². The number of amides is 4. The zero-order valence-corrected chi connectivity index (χ0v) is 17.0. The summed E-state index contributed by atoms with van der Waals surface area (Å²) in [5.41, 5.74) is 6.21. The Morgan fingerprint density at radius 3 is 2.44 bits per heavy atom. The van der Waals surface area contributed by atoms with Crippen molar-refractivity contribution in [3.05, 3.63) is 77.6 Å². The average Bonchev–Trinajstić information content (AvgIpc) is 3.23. The first-order chi connectivity index (χ1) is 15.5. The van der Waals surface area contributed by atoms with Crippen LogP contribution in [0.2, 0.25) is 0 Å². The van der Waals surface area contributed by atoms with Gasteiger partial charge in [-0.1, -0.05) is 36.4 Å². The van der Waals surface area contributed by atoms with Crippen molar-refractivity contribution in [2.75, 3.05) is 5.32 Å². The Hall–Kier alpha value is -4.15. The second-order valence-electron chi connectivity index (χ2n) is 6.93. The van der Waals surface area contributed by atoms with Crippen LogP contribution in [0.25, 0.3) is 10.9 Å². The summed E-state index contributed by atoms with van der Waals surface area (Å²) in [5.74, 6) is -1.05. The van der Waals surface area contributed by atoms with E-state index in [9.17, 15) is 14.4 Å². The molecule has 32 heavy (non-hydrogen) atoms. The van der Waals surface area contributed by atoms with Crippen molar-refractivity contribution in [1.29, 1.82) is 0 Å². The Bertz CT molecular complexity index is 1140. The number of aromatic nitrogens is 1. The molecule has 1 heterocycles. The minimum Gasteiger partial charge on any atom is -0.361 e. The van der Waals surface area contributed by atoms with Gasteiger partial charge in [0.15, 0.2) is 0 Å². The summed E-state index contributed by atoms with van der Waals surface area (Å²) in [4.78, 5) is 38.6. The molecule has 4 amide bonds. The number of anilines is 1. The van der Waals surface area contributed by atoms with Gasteiger partial charge in [-0.25, -0.2) is 15.8 Å². The van der Waals surface area contributed by atoms with Gasteiger partial charge in [-0.15, -0.1) is 0 Å². The number of aromatic amines is 1. The number of benzene rings is 2. The van der Waals surface area contributed by atoms with Gasteiger partial charge < -0.3 is 15.6 Å². The van der Waals surface area contributed by atoms with Crippen molar-refractivity contribution in [2.45, 2.75) is 19.3 Å². The quantitative estimate of drug-likeness (QED) is 0.164. The van der Waals surface area contributed by atoms with E-state index < -0.39 is 17.8 Å². The summed E-state index contributed by atoms with van der Waals surface area (Å²) >= 11 is 0. The lowest BCUT2D eigenvalue weighted by Crippen LogP contribution is -2.37. The van der Waals surface area contributed by atoms with Gasteiger partial charge in [0.05, 0.1) is 0 Å². The van der Waals surface area contributed by atoms with Gasteiger partial charge in [-0.3, -0.25) is 20.0 Å². The van der Waals surface area contributed by atoms with Gasteiger partial charge in [0, 0.05) is 29.2 Å². The maximum Gasteiger partial charge on any atom is 0.343 e. The lowest BCUT2D eigenvalue weighted by molar-refractivity contribution is -0.129. The molecule has 3 rings (SSSR count). The number of allylic oxidation sites excluding steroid dienone is 1. The minimum atomic E-state index is -0.942. The summed E-state index contributed by atoms with van der Waals surface area (Å²) < 4.78 is 0. The van der Waals surface area contributed by atoms with Crippen LogP contribution < -0.4 is 21.6 Å². The van der Waals surface area contributed by atoms with Crippen LogP contribution in [0.3, 0.4) is 0 Å². The van der Waals surface area contributed by atoms with Crippen molar-refractivity contribution < 1.29 is 24.8 Å². The van der Waals surface area contributed by atoms with E-state index in [0.29, 0.717) is 18.5 Å². The van der Waals surface area contributed by atoms with Gasteiger partial charge in [0.25, 0.3) is 5.91 Å². The van der Waals surface area contributed by atoms with Gasteiger partial charge >= 0.3 is 6.03 Å². The first kappa shape index (κ1) is 22.5. The van der Waals surface area contributed by atoms with Crippen molar-refractivity contribution >= 4 is 34.4 Å². The zero-order chi connectivity index (χ0) is 22.9. The van der Waals surface area contributed by atoms with Gasteiger partial charge in [0.2, 0.25) is 5.91 Å². The average molecular weight is 437 g/mol. The molecule has 0 spiro atoms. The molecule has 2 aromatic carbocycles. The number of nitrogens with one attached hydrogen (secondary N) is 5. The number of hydrogen-bond donors (Lipinski definition) is 7. The molecule has 166 valence electrons. The monoisotopic (exact) mass is 437 g/mol. The molecule has 0 aliphatic heterocycles. The number of carbonyl (C=O) groups is 3. The van der Waals surface area contributed by atoms with Crippen LogP contribution in [0.15, 0.2) is 66.5 Å². The van der Waals surface area contributed by atoms with Gasteiger partial charge in [0.1, 0.15) is 5.70 Å². The third-order valence-corrected chi connectivity index (χ3v) is 4.77. The molecule has 0 saturated carbocycles. The topological polar surface area (TPSA) is 156 Å². The van der Waals surface area contributed by atoms with E-state index in [1.807, 2.05) is 30.5 Å². The standard InChI is InChI=1S/C22H23N5O5/c28-20(26-31)12-7-14-5-9-16(10-6-14)24-21(29)19(25-22(30)27-32)11-8-15-13-23-18-4-2-1-3-17(15)18/h1-6,9-11,13,23,31-32H,7-8,12H2,(H,24,29)(H,26,28)(H2,25,27,30). The lowest BCUT2D eigenvalue weighted by Gasteiger charge is -2.11. The Morgan fingerprint density at radius 1 is 0.969 bits per heavy atom. The number of aryl methyl sites for hydroxylation is 1. The van der Waals surface area contributed by atoms with Crippen LogP contribution in [-0.4, -0.2) is 33.2 Å². The lowest BCUT2D eigenvalue weighted by atomic mass is 10.1. The Kier molecular flexibility index (Phi) is 7.57. The molecule has 10 nitrogen and oxygen atoms in total. The number of fused-ring (bicyclic) bond motifs is 1. The number of rotatable bonds is 8. The molecule has 0 atom stereocenters. The number of para-hydroxylation sites is 1. The highest BCUT2D eigenvalue weighted by atomic mass is 16.5. The van der Waals surface area contributed by atoms with E-state index in [1.165, 1.54) is 5.48 Å². The van der Waals surface area contributed by atoms with Crippen LogP contribution in [-0.2, 0) is 22.4 Å². The molecular weight excluding hydrogens is 414 g/mol. The van der Waals surface area contributed by atoms with Gasteiger partial charge in [-0.05, 0) is 42.2 Å². The first-order valence-corrected chi connectivity index (χ1v) is 9.79. The van der Waals surface area contributed by atoms with E-state index in [4.69, 9.17) is 10.4 Å². The number of hydroxylamine groups is 2. The summed E-state index contributed by atoms with van der Waals surface area (Å²) in [6, 6.07) is 13.6. The van der Waals surface area contributed by atoms with Gasteiger partial charge in [-0.2, -0.15) is 0 Å². The fourth-order valence-corrected chi connectivity index (χ4v) is 3.13. The second-order valence-corrected chi connectivity index (χ2v) is 6.93. The molecule has 7 N–H and O–H groups in total. The van der Waals surface area contributed by atoms with Crippen molar-refractivity contribution in [1.82, 2.24) is 21.3 Å². The molecule has 10 heteroatoms. The molecule has 0 unspecified atom stereocenters. The van der Waals surface area contributed by atoms with E-state index >= 15 is 0 Å². The van der Waals surface area contributed by atoms with Crippen molar-refractivity contribution in [2.24, 2.45) is 0 Å². The minimum absolute atomic E-state index is 0.0366. The largest absolute Gasteiger partial charge is 0.361 e. The second kappa shape index (κ2) is 10.8. The predicted octanol–water partition coefficient (Wildman–Crippen LogP) is 2.36. The SMILES string of the molecule is O=C(CCc1ccc(NC(=O)C(=CCc2c[nH]c3ccccc23)NC(=O)NO)cc1)NO. The van der Waals surface area contributed by atoms with Crippen LogP contribution in [0.5, 0.6) is 0 Å². The summed E-state index contributed by atoms with van der Waals surface area (Å²) in [6.07, 6.45) is 4.31. The maximum absolute atomic E-state index is 12.7. The Morgan fingerprint density at radius 2 is 1.72 bits per heavy atom. The number of urea groups is 1. The molecular formula is C22H23N5O5. The fourth-order valence-electron chi connectivity index (χ4n) is 3.13. The third-order valence-electron chi connectivity index (χ3n) is 4.77. The fraction of sp³-hybridized carbons (Fsp3) is 0.136. The van der Waals surface area contributed by atoms with Crippen LogP contribution in [0.4, 0.5) is 10.5 Å². The summed E-state index contributed by atoms with van der Waals surface area (Å²) in [5, 5.41) is 23.4. The molecule has 1 aromatic heterocycles. The number of hydrogen-bond acceptors (Lipinski definition) is 5. The Balaban J connectivity index is 1.70. The molecule has 0 saturated heterocycles. The highest BCUT2D eigenvalue weighted by molar-refractivity contribution is 6.05. The first-order valence-electron chi connectivity index (χ1n) is 9.79. The maximum atomic E-state index is 12.7. The summed E-state index contributed by atoms with van der Waals surface area (Å²) in [7, 11) is 0. The van der Waals surface area contributed by atoms with E-state index in [-0.39, 0.29) is 12.1 Å². The normalized spacial score (nSPS) is 11.1. The molecule has 3 aromatic rings. The zero-order valence-electron chi connectivity index (χ0n) is 17.0. The predicted molar refractivity (Wildman–Crippen MR) is 117 cm³/mol. The molecule has 0 aliphatic rings. The Labute approximate surface area is 183 Å². The van der Waals surface area contributed by atoms with Crippen molar-refractivity contribution in [3.63, 3.8) is 0 Å². The number of H-pyrrole nitrogens is 1. The van der Waals surface area contributed by atoms with E-state index in [0.717, 1.165) is 22.0 Å². The third kappa shape index (κ3) is 5.94. The highest BCUT2D eigenvalue weighted by Gasteiger charge is 2.14. The highest BCUT2D eigenvalue weighted by Crippen LogP contribution is 2.19. The van der Waals surface area contributed by atoms with Crippen LogP contribution in [0.1, 0.15) is 17.5 Å². The van der Waals surface area contributed by atoms with Crippen molar-refractivity contribution in [3.8, 4) is 0 Å². The van der Waals surface area contributed by atoms with Crippen LogP contribution >= 0.6 is 0 Å². The summed E-state index contributed by atoms with van der Waals surface area (Å²) in [6.45, 7) is 0. The van der Waals surface area contributed by atoms with Crippen LogP contribution in [0, 0.1) is 0 Å². The molecule has 0 fully saturated rings.